The van der Waals surface area contributed by atoms with Gasteiger partial charge < -0.3 is 5.43 Å². The smallest absolute Gasteiger partial charge is 0.161 e. The number of fused-ring (bicyclic) bond motifs is 1. The van der Waals surface area contributed by atoms with Crippen LogP contribution in [0.25, 0.3) is 20.7 Å². The summed E-state index contributed by atoms with van der Waals surface area (Å²) in [5, 5.41) is 0. The molecule has 0 atom stereocenters. The molecule has 4 nitrogen and oxygen atoms in total. The number of nitrogens with two attached hydrogens (primary N) is 1. The number of thiophene rings is 1. The van der Waals surface area contributed by atoms with Crippen LogP contribution in [-0.4, -0.2) is 9.97 Å². The average Bonchev–Trinajstić information content (AvgIpc) is 2.83. The second-order valence-electron chi connectivity index (χ2n) is 3.70. The molecule has 0 fully saturated rings. The van der Waals surface area contributed by atoms with E-state index in [1.54, 1.807) is 12.1 Å². The van der Waals surface area contributed by atoms with Gasteiger partial charge in [-0.15, -0.1) is 11.3 Å². The highest BCUT2D eigenvalue weighted by molar-refractivity contribution is 7.22. The van der Waals surface area contributed by atoms with E-state index in [-0.39, 0.29) is 5.82 Å². The number of hydrazine groups is 1. The van der Waals surface area contributed by atoms with Crippen molar-refractivity contribution in [3.05, 3.63) is 42.5 Å². The van der Waals surface area contributed by atoms with E-state index in [4.69, 9.17) is 5.84 Å². The predicted octanol–water partition coefficient (Wildman–Crippen LogP) is 2.78. The highest BCUT2D eigenvalue weighted by Crippen LogP contribution is 2.35. The van der Waals surface area contributed by atoms with Gasteiger partial charge in [-0.05, 0) is 23.8 Å². The van der Waals surface area contributed by atoms with Gasteiger partial charge in [0.05, 0.1) is 10.2 Å². The van der Waals surface area contributed by atoms with Gasteiger partial charge >= 0.3 is 0 Å². The zero-order chi connectivity index (χ0) is 12.5. The van der Waals surface area contributed by atoms with Crippen LogP contribution in [-0.2, 0) is 0 Å². The van der Waals surface area contributed by atoms with E-state index < -0.39 is 0 Å². The van der Waals surface area contributed by atoms with Crippen molar-refractivity contribution in [3.63, 3.8) is 0 Å². The van der Waals surface area contributed by atoms with Crippen LogP contribution in [0, 0.1) is 5.82 Å². The standard InChI is InChI=1S/C12H9FN4S/c13-8-3-1-7(2-4-8)10-5-9-11(18-10)12(17-14)16-6-15-9/h1-6H,14H2,(H,15,16,17). The third-order valence-electron chi connectivity index (χ3n) is 2.58. The van der Waals surface area contributed by atoms with Gasteiger partial charge in [0.15, 0.2) is 5.82 Å². The van der Waals surface area contributed by atoms with Crippen LogP contribution in [0.1, 0.15) is 0 Å². The first kappa shape index (κ1) is 11.1. The molecule has 2 heterocycles. The third kappa shape index (κ3) is 1.81. The van der Waals surface area contributed by atoms with Gasteiger partial charge in [-0.1, -0.05) is 12.1 Å². The van der Waals surface area contributed by atoms with Crippen molar-refractivity contribution in [1.82, 2.24) is 9.97 Å². The van der Waals surface area contributed by atoms with Gasteiger partial charge in [-0.25, -0.2) is 20.2 Å². The summed E-state index contributed by atoms with van der Waals surface area (Å²) in [6, 6.07) is 8.29. The molecule has 1 aromatic carbocycles. The summed E-state index contributed by atoms with van der Waals surface area (Å²) < 4.78 is 13.8. The van der Waals surface area contributed by atoms with Gasteiger partial charge in [0.1, 0.15) is 12.1 Å². The van der Waals surface area contributed by atoms with Crippen molar-refractivity contribution in [2.45, 2.75) is 0 Å². The molecule has 3 rings (SSSR count). The molecule has 3 aromatic rings. The van der Waals surface area contributed by atoms with Crippen molar-refractivity contribution in [2.75, 3.05) is 5.43 Å². The summed E-state index contributed by atoms with van der Waals surface area (Å²) in [5.74, 6) is 5.75. The Bertz CT molecular complexity index is 693. The maximum Gasteiger partial charge on any atom is 0.161 e. The van der Waals surface area contributed by atoms with Crippen molar-refractivity contribution in [2.24, 2.45) is 5.84 Å². The number of hydrogen-bond acceptors (Lipinski definition) is 5. The minimum Gasteiger partial charge on any atom is -0.307 e. The highest BCUT2D eigenvalue weighted by atomic mass is 32.1. The molecule has 0 saturated carbocycles. The lowest BCUT2D eigenvalue weighted by Crippen LogP contribution is -2.08. The second-order valence-corrected chi connectivity index (χ2v) is 4.75. The maximum absolute atomic E-state index is 12.9. The lowest BCUT2D eigenvalue weighted by atomic mass is 10.2. The topological polar surface area (TPSA) is 63.8 Å². The molecule has 0 aliphatic rings. The van der Waals surface area contributed by atoms with Crippen LogP contribution >= 0.6 is 11.3 Å². The number of halogens is 1. The summed E-state index contributed by atoms with van der Waals surface area (Å²) in [4.78, 5) is 9.23. The molecule has 0 bridgehead atoms. The van der Waals surface area contributed by atoms with E-state index in [1.807, 2.05) is 6.07 Å². The molecule has 0 aliphatic carbocycles. The maximum atomic E-state index is 12.9. The van der Waals surface area contributed by atoms with E-state index >= 15 is 0 Å². The molecule has 0 radical (unpaired) electrons. The third-order valence-corrected chi connectivity index (χ3v) is 3.76. The fraction of sp³-hybridized carbons (Fsp3) is 0. The Labute approximate surface area is 106 Å². The minimum atomic E-state index is -0.246. The average molecular weight is 260 g/mol. The van der Waals surface area contributed by atoms with E-state index in [9.17, 15) is 4.39 Å². The van der Waals surface area contributed by atoms with Gasteiger partial charge in [-0.2, -0.15) is 0 Å². The zero-order valence-electron chi connectivity index (χ0n) is 9.22. The highest BCUT2D eigenvalue weighted by Gasteiger charge is 2.09. The van der Waals surface area contributed by atoms with E-state index in [2.05, 4.69) is 15.4 Å². The molecule has 0 spiro atoms. The number of rotatable bonds is 2. The van der Waals surface area contributed by atoms with Gasteiger partial charge in [0.25, 0.3) is 0 Å². The molecular weight excluding hydrogens is 251 g/mol. The Kier molecular flexibility index (Phi) is 2.66. The zero-order valence-corrected chi connectivity index (χ0v) is 10.0. The van der Waals surface area contributed by atoms with Crippen molar-refractivity contribution in [3.8, 4) is 10.4 Å². The Morgan fingerprint density at radius 2 is 1.94 bits per heavy atom. The molecule has 2 aromatic heterocycles. The molecule has 0 aliphatic heterocycles. The van der Waals surface area contributed by atoms with E-state index in [1.165, 1.54) is 29.8 Å². The van der Waals surface area contributed by atoms with Gasteiger partial charge in [0, 0.05) is 4.88 Å². The molecule has 0 amide bonds. The predicted molar refractivity (Wildman–Crippen MR) is 70.6 cm³/mol. The summed E-state index contributed by atoms with van der Waals surface area (Å²) in [6.07, 6.45) is 1.46. The summed E-state index contributed by atoms with van der Waals surface area (Å²) in [7, 11) is 0. The fourth-order valence-electron chi connectivity index (χ4n) is 1.71. The molecule has 18 heavy (non-hydrogen) atoms. The molecule has 0 saturated heterocycles. The second kappa shape index (κ2) is 4.32. The van der Waals surface area contributed by atoms with Crippen LogP contribution in [0.15, 0.2) is 36.7 Å². The molecule has 90 valence electrons. The van der Waals surface area contributed by atoms with Crippen molar-refractivity contribution >= 4 is 27.4 Å². The minimum absolute atomic E-state index is 0.246. The number of nitrogens with one attached hydrogen (secondary N) is 1. The number of nitrogen functional groups attached to an aromatic ring is 1. The number of hydrogen-bond donors (Lipinski definition) is 2. The summed E-state index contributed by atoms with van der Waals surface area (Å²) in [6.45, 7) is 0. The van der Waals surface area contributed by atoms with Crippen molar-refractivity contribution in [1.29, 1.82) is 0 Å². The normalized spacial score (nSPS) is 10.8. The molecule has 0 unspecified atom stereocenters. The van der Waals surface area contributed by atoms with Gasteiger partial charge in [0.2, 0.25) is 0 Å². The molecule has 6 heteroatoms. The van der Waals surface area contributed by atoms with Crippen molar-refractivity contribution < 1.29 is 4.39 Å². The summed E-state index contributed by atoms with van der Waals surface area (Å²) in [5.41, 5.74) is 4.31. The van der Waals surface area contributed by atoms with Gasteiger partial charge in [-0.3, -0.25) is 0 Å². The lowest BCUT2D eigenvalue weighted by Gasteiger charge is -1.97. The molecule has 3 N–H and O–H groups in total. The first-order valence-corrected chi connectivity index (χ1v) is 6.06. The quantitative estimate of drug-likeness (QED) is 0.549. The lowest BCUT2D eigenvalue weighted by molar-refractivity contribution is 0.628. The van der Waals surface area contributed by atoms with E-state index in [0.717, 1.165) is 20.7 Å². The van der Waals surface area contributed by atoms with Crippen LogP contribution in [0.2, 0.25) is 0 Å². The first-order chi connectivity index (χ1) is 8.78. The monoisotopic (exact) mass is 260 g/mol. The Balaban J connectivity index is 2.16. The van der Waals surface area contributed by atoms with Crippen LogP contribution in [0.3, 0.4) is 0 Å². The molecular formula is C12H9FN4S. The van der Waals surface area contributed by atoms with Crippen LogP contribution in [0.4, 0.5) is 10.2 Å². The Hall–Kier alpha value is -2.05. The summed E-state index contributed by atoms with van der Waals surface area (Å²) >= 11 is 1.52. The first-order valence-electron chi connectivity index (χ1n) is 5.25. The largest absolute Gasteiger partial charge is 0.307 e. The number of aromatic nitrogens is 2. The Morgan fingerprint density at radius 3 is 2.67 bits per heavy atom. The van der Waals surface area contributed by atoms with E-state index in [0.29, 0.717) is 5.82 Å². The van der Waals surface area contributed by atoms with Crippen LogP contribution in [0.5, 0.6) is 0 Å². The fourth-order valence-corrected chi connectivity index (χ4v) is 2.78. The van der Waals surface area contributed by atoms with Crippen LogP contribution < -0.4 is 11.3 Å². The number of benzene rings is 1. The number of anilines is 1. The SMILES string of the molecule is NNc1ncnc2cc(-c3ccc(F)cc3)sc12. The number of nitrogens with zero attached hydrogens (tertiary/aromatic N) is 2. The Morgan fingerprint density at radius 1 is 1.17 bits per heavy atom.